The molecule has 6 aromatic carbocycles. The van der Waals surface area contributed by atoms with Gasteiger partial charge in [0.25, 0.3) is 0 Å². The lowest BCUT2D eigenvalue weighted by Gasteiger charge is -2.17. The van der Waals surface area contributed by atoms with Crippen LogP contribution in [0.15, 0.2) is 122 Å². The average molecular weight is 1050 g/mol. The maximum absolute atomic E-state index is 12.2. The first kappa shape index (κ1) is 55.7. The Morgan fingerprint density at radius 3 is 1.31 bits per heavy atom. The summed E-state index contributed by atoms with van der Waals surface area (Å²) in [7, 11) is 1.35. The normalized spacial score (nSPS) is 10.8. The number of benzene rings is 6. The van der Waals surface area contributed by atoms with E-state index in [0.717, 1.165) is 60.1 Å². The Balaban J connectivity index is 0.000000224. The number of esters is 1. The molecule has 0 saturated heterocycles. The number of methoxy groups -OCH3 is 1. The Labute approximate surface area is 446 Å². The number of para-hydroxylation sites is 2. The van der Waals surface area contributed by atoms with E-state index >= 15 is 0 Å². The summed E-state index contributed by atoms with van der Waals surface area (Å²) >= 11 is 0. The molecule has 77 heavy (non-hydrogen) atoms. The fraction of sp³-hybridized carbons (Fsp3) is 0.288. The Bertz CT molecular complexity index is 3180. The molecule has 5 N–H and O–H groups in total. The van der Waals surface area contributed by atoms with E-state index < -0.39 is 11.9 Å². The molecule has 0 amide bonds. The molecule has 8 rings (SSSR count). The Kier molecular flexibility index (Phi) is 20.3. The zero-order valence-corrected chi connectivity index (χ0v) is 43.8. The zero-order valence-electron chi connectivity index (χ0n) is 43.8. The van der Waals surface area contributed by atoms with Crippen molar-refractivity contribution in [2.45, 2.75) is 79.1 Å². The van der Waals surface area contributed by atoms with Crippen LogP contribution in [0.1, 0.15) is 96.3 Å². The lowest BCUT2D eigenvalue weighted by atomic mass is 10.0. The summed E-state index contributed by atoms with van der Waals surface area (Å²) in [5.41, 5.74) is 6.55. The van der Waals surface area contributed by atoms with Gasteiger partial charge in [0.05, 0.1) is 45.9 Å². The number of ether oxygens (including phenoxy) is 7. The van der Waals surface area contributed by atoms with Crippen LogP contribution in [0.5, 0.6) is 57.5 Å². The van der Waals surface area contributed by atoms with Gasteiger partial charge in [0.1, 0.15) is 80.0 Å². The number of hydrogen-bond acceptors (Lipinski definition) is 15. The lowest BCUT2D eigenvalue weighted by molar-refractivity contribution is 0.0596. The predicted octanol–water partition coefficient (Wildman–Crippen LogP) is 12.1. The molecule has 18 nitrogen and oxygen atoms in total. The highest BCUT2D eigenvalue weighted by Gasteiger charge is 2.20. The standard InChI is InChI=1S/C30H33N3O6.C29H31N3O6/c1-4-10-21-26(13-8-14-27(21)39-28-12-7-6-11-22(28)30(35)36-3)37-15-9-16-38-29-18-25(34)23(17-20(29)5-2)24-19-31-33-32-24;1-3-9-20-25(12-7-13-26(20)38-27-11-6-5-10-21(27)29(34)35)36-14-8-15-37-28-17-24(33)22(16-19(28)4-2)23-18-30-32-31-23/h6-8,11-14,17-19,34H,4-5,9-10,15-16H2,1-3H3,(H,31,32,33);5-7,10-13,16-18,33H,3-4,8-9,14-15H2,1-2H3,(H,34,35)(H,30,31,32). The van der Waals surface area contributed by atoms with Crippen LogP contribution in [0.25, 0.3) is 22.5 Å². The van der Waals surface area contributed by atoms with Gasteiger partial charge < -0.3 is 48.5 Å². The number of aromatic amines is 2. The van der Waals surface area contributed by atoms with E-state index in [1.54, 1.807) is 60.9 Å². The van der Waals surface area contributed by atoms with Crippen molar-refractivity contribution >= 4 is 11.9 Å². The van der Waals surface area contributed by atoms with Crippen molar-refractivity contribution in [2.24, 2.45) is 0 Å². The van der Waals surface area contributed by atoms with Gasteiger partial charge in [0, 0.05) is 47.2 Å². The number of aromatic carboxylic acids is 1. The molecular weight excluding hydrogens is 985 g/mol. The number of carboxylic acid groups (broad SMARTS) is 1. The average Bonchev–Trinajstić information content (AvgIpc) is 4.20. The van der Waals surface area contributed by atoms with Gasteiger partial charge in [0.15, 0.2) is 0 Å². The number of carbonyl (C=O) groups is 2. The van der Waals surface area contributed by atoms with Gasteiger partial charge in [-0.05, 0) is 97.5 Å². The molecule has 0 spiro atoms. The van der Waals surface area contributed by atoms with E-state index in [4.69, 9.17) is 33.2 Å². The summed E-state index contributed by atoms with van der Waals surface area (Å²) in [4.78, 5) is 23.8. The maximum atomic E-state index is 12.2. The van der Waals surface area contributed by atoms with Crippen LogP contribution in [0.4, 0.5) is 0 Å². The van der Waals surface area contributed by atoms with Crippen molar-refractivity contribution in [3.05, 3.63) is 155 Å². The molecule has 8 aromatic rings. The minimum Gasteiger partial charge on any atom is -0.507 e. The second kappa shape index (κ2) is 28.0. The summed E-state index contributed by atoms with van der Waals surface area (Å²) in [5.74, 6) is 3.26. The summed E-state index contributed by atoms with van der Waals surface area (Å²) < 4.78 is 41.3. The smallest absolute Gasteiger partial charge is 0.341 e. The number of nitrogens with one attached hydrogen (secondary N) is 2. The topological polar surface area (TPSA) is 243 Å². The number of nitrogens with zero attached hydrogens (tertiary/aromatic N) is 4. The van der Waals surface area contributed by atoms with Crippen molar-refractivity contribution in [3.8, 4) is 80.0 Å². The van der Waals surface area contributed by atoms with Crippen LogP contribution in [0.2, 0.25) is 0 Å². The molecule has 18 heteroatoms. The van der Waals surface area contributed by atoms with E-state index in [9.17, 15) is 24.9 Å². The van der Waals surface area contributed by atoms with Gasteiger partial charge in [-0.15, -0.1) is 0 Å². The summed E-state index contributed by atoms with van der Waals surface area (Å²) in [6, 6.07) is 31.7. The molecule has 0 aliphatic heterocycles. The molecule has 2 heterocycles. The fourth-order valence-corrected chi connectivity index (χ4v) is 8.32. The molecule has 0 aliphatic rings. The molecule has 0 aliphatic carbocycles. The second-order valence-electron chi connectivity index (χ2n) is 17.4. The Morgan fingerprint density at radius 2 is 0.909 bits per heavy atom. The number of hydrogen-bond donors (Lipinski definition) is 5. The van der Waals surface area contributed by atoms with Gasteiger partial charge in [0.2, 0.25) is 0 Å². The summed E-state index contributed by atoms with van der Waals surface area (Å²) in [6.07, 6.45) is 9.08. The molecule has 0 bridgehead atoms. The van der Waals surface area contributed by atoms with Gasteiger partial charge >= 0.3 is 11.9 Å². The van der Waals surface area contributed by atoms with E-state index in [0.29, 0.717) is 108 Å². The number of aryl methyl sites for hydroxylation is 2. The second-order valence-corrected chi connectivity index (χ2v) is 17.4. The first-order valence-electron chi connectivity index (χ1n) is 25.6. The van der Waals surface area contributed by atoms with E-state index in [1.807, 2.05) is 68.4 Å². The molecule has 0 fully saturated rings. The largest absolute Gasteiger partial charge is 0.507 e. The third kappa shape index (κ3) is 14.6. The summed E-state index contributed by atoms with van der Waals surface area (Å²) in [6.45, 7) is 9.87. The van der Waals surface area contributed by atoms with Crippen LogP contribution < -0.4 is 28.4 Å². The highest BCUT2D eigenvalue weighted by atomic mass is 16.5. The quantitative estimate of drug-likeness (QED) is 0.0250. The lowest BCUT2D eigenvalue weighted by Crippen LogP contribution is -2.08. The minimum absolute atomic E-state index is 0.0767. The molecule has 2 aromatic heterocycles. The van der Waals surface area contributed by atoms with Gasteiger partial charge in [-0.2, -0.15) is 30.8 Å². The van der Waals surface area contributed by atoms with Gasteiger partial charge in [-0.25, -0.2) is 9.59 Å². The monoisotopic (exact) mass is 1050 g/mol. The number of aromatic nitrogens is 6. The minimum atomic E-state index is -1.04. The van der Waals surface area contributed by atoms with Crippen LogP contribution in [0.3, 0.4) is 0 Å². The zero-order chi connectivity index (χ0) is 54.5. The number of carbonyl (C=O) groups excluding carboxylic acids is 1. The molecule has 0 unspecified atom stereocenters. The highest BCUT2D eigenvalue weighted by Crippen LogP contribution is 2.39. The fourth-order valence-electron chi connectivity index (χ4n) is 8.32. The van der Waals surface area contributed by atoms with Crippen LogP contribution in [-0.4, -0.2) is 91.6 Å². The van der Waals surface area contributed by atoms with E-state index in [1.165, 1.54) is 13.2 Å². The Hall–Kier alpha value is -9.06. The third-order valence-corrected chi connectivity index (χ3v) is 12.1. The van der Waals surface area contributed by atoms with Gasteiger partial charge in [-0.3, -0.25) is 0 Å². The van der Waals surface area contributed by atoms with Gasteiger partial charge in [-0.1, -0.05) is 76.9 Å². The van der Waals surface area contributed by atoms with Crippen molar-refractivity contribution in [1.29, 1.82) is 0 Å². The molecule has 402 valence electrons. The maximum Gasteiger partial charge on any atom is 0.341 e. The number of H-pyrrole nitrogens is 2. The van der Waals surface area contributed by atoms with Crippen molar-refractivity contribution < 1.29 is 58.1 Å². The summed E-state index contributed by atoms with van der Waals surface area (Å²) in [5, 5.41) is 51.3. The van der Waals surface area contributed by atoms with Crippen LogP contribution in [-0.2, 0) is 30.4 Å². The number of phenols is 2. The first-order valence-corrected chi connectivity index (χ1v) is 25.6. The van der Waals surface area contributed by atoms with Crippen molar-refractivity contribution in [1.82, 2.24) is 30.8 Å². The predicted molar refractivity (Wildman–Crippen MR) is 289 cm³/mol. The van der Waals surface area contributed by atoms with E-state index in [-0.39, 0.29) is 22.8 Å². The van der Waals surface area contributed by atoms with Crippen molar-refractivity contribution in [2.75, 3.05) is 33.5 Å². The van der Waals surface area contributed by atoms with Crippen LogP contribution >= 0.6 is 0 Å². The molecule has 0 saturated carbocycles. The molecule has 0 atom stereocenters. The first-order chi connectivity index (χ1) is 37.6. The number of carboxylic acids is 1. The number of phenolic OH excluding ortho intramolecular Hbond substituents is 2. The Morgan fingerprint density at radius 1 is 0.506 bits per heavy atom. The number of aromatic hydroxyl groups is 2. The SMILES string of the molecule is CCCc1c(OCCCOc2cc(O)c(-c3cn[nH]n3)cc2CC)cccc1Oc1ccccc1C(=O)O.CCCc1c(OCCCOc2cc(O)c(-c3cn[nH]n3)cc2CC)cccc1Oc1ccccc1C(=O)OC. The van der Waals surface area contributed by atoms with E-state index in [2.05, 4.69) is 44.7 Å². The van der Waals surface area contributed by atoms with Crippen molar-refractivity contribution in [3.63, 3.8) is 0 Å². The molecular formula is C59H64N6O12. The third-order valence-electron chi connectivity index (χ3n) is 12.1. The number of rotatable bonds is 26. The highest BCUT2D eigenvalue weighted by molar-refractivity contribution is 5.92. The van der Waals surface area contributed by atoms with Crippen LogP contribution in [0, 0.1) is 0 Å². The molecule has 0 radical (unpaired) electrons.